The van der Waals surface area contributed by atoms with Gasteiger partial charge in [0.05, 0.1) is 15.5 Å². The fraction of sp³-hybridized carbons (Fsp3) is 0.217. The Balaban J connectivity index is 1.38. The molecule has 2 aromatic carbocycles. The van der Waals surface area contributed by atoms with E-state index in [4.69, 9.17) is 39.8 Å². The molecule has 0 saturated carbocycles. The minimum absolute atomic E-state index is 0.00221. The number of thiocarbonyl (C=S) groups is 1. The first-order chi connectivity index (χ1) is 17.4. The zero-order valence-electron chi connectivity index (χ0n) is 18.7. The van der Waals surface area contributed by atoms with Crippen LogP contribution < -0.4 is 10.2 Å². The zero-order valence-corrected chi connectivity index (χ0v) is 21.0. The number of nitro groups is 1. The van der Waals surface area contributed by atoms with Crippen LogP contribution >= 0.6 is 35.4 Å². The summed E-state index contributed by atoms with van der Waals surface area (Å²) >= 11 is 17.4. The maximum Gasteiger partial charge on any atom is 0.416 e. The van der Waals surface area contributed by atoms with Gasteiger partial charge in [0.15, 0.2) is 10.9 Å². The number of amides is 1. The quantitative estimate of drug-likeness (QED) is 0.232. The number of nitrogens with zero attached hydrogens (tertiary/aromatic N) is 3. The normalized spacial score (nSPS) is 14.0. The fourth-order valence-corrected chi connectivity index (χ4v) is 4.57. The Morgan fingerprint density at radius 3 is 2.38 bits per heavy atom. The van der Waals surface area contributed by atoms with E-state index in [1.807, 2.05) is 0 Å². The molecule has 1 saturated heterocycles. The third-order valence-corrected chi connectivity index (χ3v) is 6.56. The summed E-state index contributed by atoms with van der Waals surface area (Å²) in [5.74, 6) is -0.214. The lowest BCUT2D eigenvalue weighted by Crippen LogP contribution is -2.52. The molecular formula is C23H17Cl2F3N4O4S. The number of benzene rings is 2. The van der Waals surface area contributed by atoms with Crippen molar-refractivity contribution in [1.29, 1.82) is 0 Å². The number of hydrogen-bond donors (Lipinski definition) is 1. The number of carbonyl (C=O) groups is 1. The minimum Gasteiger partial charge on any atom is -0.451 e. The van der Waals surface area contributed by atoms with Crippen LogP contribution in [-0.2, 0) is 6.18 Å². The van der Waals surface area contributed by atoms with E-state index in [9.17, 15) is 28.1 Å². The highest BCUT2D eigenvalue weighted by Gasteiger charge is 2.34. The lowest BCUT2D eigenvalue weighted by atomic mass is 10.1. The molecule has 1 aliphatic heterocycles. The first-order valence-electron chi connectivity index (χ1n) is 10.7. The topological polar surface area (TPSA) is 91.9 Å². The number of nitro benzene ring substituents is 1. The lowest BCUT2D eigenvalue weighted by Gasteiger charge is -2.37. The van der Waals surface area contributed by atoms with Crippen molar-refractivity contribution in [2.75, 3.05) is 31.1 Å². The van der Waals surface area contributed by atoms with Crippen molar-refractivity contribution in [3.8, 4) is 11.3 Å². The standard InChI is InChI=1S/C23H17Cl2F3N4O4S/c24-14-2-3-15(16(25)12-14)19-5-6-20(36-19)21(33)29-22(37)31-9-7-30(8-10-31)17-4-1-13(23(26,27)28)11-18(17)32(34)35/h1-6,11-12H,7-10H2,(H,29,33,37). The van der Waals surface area contributed by atoms with Crippen molar-refractivity contribution < 1.29 is 27.3 Å². The van der Waals surface area contributed by atoms with Gasteiger partial charge in [0.25, 0.3) is 11.6 Å². The van der Waals surface area contributed by atoms with Crippen molar-refractivity contribution in [3.63, 3.8) is 0 Å². The molecule has 1 N–H and O–H groups in total. The number of piperazine rings is 1. The SMILES string of the molecule is O=C(NC(=S)N1CCN(c2ccc(C(F)(F)F)cc2[N+](=O)[O-])CC1)c1ccc(-c2ccc(Cl)cc2Cl)o1. The number of furan rings is 1. The van der Waals surface area contributed by atoms with E-state index < -0.39 is 28.3 Å². The lowest BCUT2D eigenvalue weighted by molar-refractivity contribution is -0.384. The average molecular weight is 573 g/mol. The second-order valence-corrected chi connectivity index (χ2v) is 9.21. The maximum absolute atomic E-state index is 13.0. The van der Waals surface area contributed by atoms with E-state index in [2.05, 4.69) is 5.32 Å². The summed E-state index contributed by atoms with van der Waals surface area (Å²) in [7, 11) is 0. The minimum atomic E-state index is -4.69. The number of anilines is 1. The third kappa shape index (κ3) is 5.97. The van der Waals surface area contributed by atoms with Gasteiger partial charge in [-0.1, -0.05) is 23.2 Å². The molecule has 3 aromatic rings. The van der Waals surface area contributed by atoms with Gasteiger partial charge in [-0.3, -0.25) is 20.2 Å². The zero-order chi connectivity index (χ0) is 26.9. The highest BCUT2D eigenvalue weighted by Crippen LogP contribution is 2.37. The third-order valence-electron chi connectivity index (χ3n) is 5.65. The number of halogens is 5. The number of alkyl halides is 3. The van der Waals surface area contributed by atoms with E-state index in [1.54, 1.807) is 34.1 Å². The van der Waals surface area contributed by atoms with E-state index in [1.165, 1.54) is 6.07 Å². The maximum atomic E-state index is 13.0. The van der Waals surface area contributed by atoms with E-state index in [0.29, 0.717) is 27.4 Å². The summed E-state index contributed by atoms with van der Waals surface area (Å²) in [5.41, 5.74) is -1.09. The number of rotatable bonds is 4. The highest BCUT2D eigenvalue weighted by atomic mass is 35.5. The molecule has 37 heavy (non-hydrogen) atoms. The fourth-order valence-electron chi connectivity index (χ4n) is 3.80. The molecule has 0 atom stereocenters. The summed E-state index contributed by atoms with van der Waals surface area (Å²) < 4.78 is 44.6. The highest BCUT2D eigenvalue weighted by molar-refractivity contribution is 7.80. The molecule has 1 aliphatic rings. The van der Waals surface area contributed by atoms with Crippen LogP contribution in [0.5, 0.6) is 0 Å². The van der Waals surface area contributed by atoms with Crippen LogP contribution in [0.3, 0.4) is 0 Å². The largest absolute Gasteiger partial charge is 0.451 e. The van der Waals surface area contributed by atoms with Crippen LogP contribution in [0.25, 0.3) is 11.3 Å². The van der Waals surface area contributed by atoms with Crippen LogP contribution in [0.2, 0.25) is 10.0 Å². The number of hydrogen-bond acceptors (Lipinski definition) is 6. The Bertz CT molecular complexity index is 1370. The number of carbonyl (C=O) groups excluding carboxylic acids is 1. The van der Waals surface area contributed by atoms with Crippen molar-refractivity contribution in [1.82, 2.24) is 10.2 Å². The molecule has 0 bridgehead atoms. The van der Waals surface area contributed by atoms with E-state index >= 15 is 0 Å². The van der Waals surface area contributed by atoms with Gasteiger partial charge in [-0.25, -0.2) is 0 Å². The molecule has 4 rings (SSSR count). The van der Waals surface area contributed by atoms with Crippen LogP contribution in [0.1, 0.15) is 16.1 Å². The molecule has 1 fully saturated rings. The van der Waals surface area contributed by atoms with Gasteiger partial charge < -0.3 is 14.2 Å². The Labute approximate surface area is 223 Å². The average Bonchev–Trinajstić information content (AvgIpc) is 3.33. The molecule has 8 nitrogen and oxygen atoms in total. The molecule has 14 heteroatoms. The molecule has 194 valence electrons. The van der Waals surface area contributed by atoms with Crippen molar-refractivity contribution in [2.24, 2.45) is 0 Å². The Morgan fingerprint density at radius 2 is 1.76 bits per heavy atom. The van der Waals surface area contributed by atoms with E-state index in [-0.39, 0.29) is 42.7 Å². The summed E-state index contributed by atoms with van der Waals surface area (Å²) in [6.45, 7) is 1.03. The molecular weight excluding hydrogens is 556 g/mol. The van der Waals surface area contributed by atoms with Crippen LogP contribution in [0, 0.1) is 10.1 Å². The summed E-state index contributed by atoms with van der Waals surface area (Å²) in [6.07, 6.45) is -4.69. The second-order valence-electron chi connectivity index (χ2n) is 7.98. The molecule has 0 unspecified atom stereocenters. The van der Waals surface area contributed by atoms with Gasteiger partial charge in [-0.05, 0) is 54.7 Å². The van der Waals surface area contributed by atoms with Gasteiger partial charge in [-0.15, -0.1) is 0 Å². The monoisotopic (exact) mass is 572 g/mol. The number of nitrogens with one attached hydrogen (secondary N) is 1. The van der Waals surface area contributed by atoms with Crippen molar-refractivity contribution >= 4 is 57.8 Å². The predicted octanol–water partition coefficient (Wildman–Crippen LogP) is 6.02. The van der Waals surface area contributed by atoms with Crippen LogP contribution in [0.4, 0.5) is 24.5 Å². The second kappa shape index (κ2) is 10.6. The Kier molecular flexibility index (Phi) is 7.62. The van der Waals surface area contributed by atoms with Crippen molar-refractivity contribution in [3.05, 3.63) is 80.0 Å². The Morgan fingerprint density at radius 1 is 1.05 bits per heavy atom. The van der Waals surface area contributed by atoms with Crippen molar-refractivity contribution in [2.45, 2.75) is 6.18 Å². The van der Waals surface area contributed by atoms with Crippen LogP contribution in [0.15, 0.2) is 52.9 Å². The molecule has 0 radical (unpaired) electrons. The first kappa shape index (κ1) is 26.7. The van der Waals surface area contributed by atoms with Gasteiger partial charge in [0.1, 0.15) is 11.4 Å². The summed E-state index contributed by atoms with van der Waals surface area (Å²) in [4.78, 5) is 26.5. The van der Waals surface area contributed by atoms with Gasteiger partial charge in [0.2, 0.25) is 0 Å². The smallest absolute Gasteiger partial charge is 0.416 e. The van der Waals surface area contributed by atoms with Crippen LogP contribution in [-0.4, -0.2) is 47.0 Å². The summed E-state index contributed by atoms with van der Waals surface area (Å²) in [5, 5.41) is 14.9. The molecule has 2 heterocycles. The predicted molar refractivity (Wildman–Crippen MR) is 136 cm³/mol. The molecule has 1 amide bonds. The molecule has 0 aliphatic carbocycles. The summed E-state index contributed by atoms with van der Waals surface area (Å²) in [6, 6.07) is 10.3. The van der Waals surface area contributed by atoms with Gasteiger partial charge in [0, 0.05) is 42.8 Å². The van der Waals surface area contributed by atoms with Gasteiger partial charge in [-0.2, -0.15) is 13.2 Å². The first-order valence-corrected chi connectivity index (χ1v) is 11.9. The van der Waals surface area contributed by atoms with E-state index in [0.717, 1.165) is 12.1 Å². The molecule has 0 spiro atoms. The van der Waals surface area contributed by atoms with Gasteiger partial charge >= 0.3 is 6.18 Å². The Hall–Kier alpha value is -3.35. The molecule has 1 aromatic heterocycles.